The van der Waals surface area contributed by atoms with Crippen LogP contribution in [0.2, 0.25) is 0 Å². The van der Waals surface area contributed by atoms with E-state index in [1.54, 1.807) is 0 Å². The van der Waals surface area contributed by atoms with E-state index in [1.807, 2.05) is 0 Å². The standard InChI is InChI=1S/C84H59N3Si2/c1-7-29-60(30-8-1)71-48-27-52-80-83(71)75-59-63(87-78-51-24-21-47-74(78)84-81(87)53-28-54-82(84)89(66-37-13-4-14-38-66,67-39-15-5-16-40-67)68-41-17-6-18-42-68)55-56-79(75)86(80)62-32-26-44-70(58-62)88(64-33-9-2-10-34-64,65-35-11-3-12-36-65)69-43-25-31-61(57-69)85-76-49-22-19-45-72(76)73-46-20-23-50-77(73)85/h1-59H. The van der Waals surface area contributed by atoms with Gasteiger partial charge in [-0.3, -0.25) is 0 Å². The molecule has 3 aromatic heterocycles. The molecule has 0 amide bonds. The molecule has 0 bridgehead atoms. The van der Waals surface area contributed by atoms with E-state index >= 15 is 0 Å². The van der Waals surface area contributed by atoms with Gasteiger partial charge >= 0.3 is 0 Å². The van der Waals surface area contributed by atoms with Crippen molar-refractivity contribution in [1.82, 2.24) is 13.7 Å². The number of hydrogen-bond acceptors (Lipinski definition) is 0. The Morgan fingerprint density at radius 2 is 0.528 bits per heavy atom. The molecule has 0 atom stereocenters. The summed E-state index contributed by atoms with van der Waals surface area (Å²) in [4.78, 5) is 0. The van der Waals surface area contributed by atoms with E-state index in [0.717, 1.165) is 28.1 Å². The first-order chi connectivity index (χ1) is 44.2. The van der Waals surface area contributed by atoms with Crippen LogP contribution in [0, 0.1) is 0 Å². The summed E-state index contributed by atoms with van der Waals surface area (Å²) in [6.07, 6.45) is 0. The van der Waals surface area contributed by atoms with Gasteiger partial charge in [0.1, 0.15) is 0 Å². The number of aromatic nitrogens is 3. The maximum Gasteiger partial charge on any atom is 0.180 e. The van der Waals surface area contributed by atoms with Crippen LogP contribution < -0.4 is 41.5 Å². The van der Waals surface area contributed by atoms with Crippen LogP contribution in [0.5, 0.6) is 0 Å². The van der Waals surface area contributed by atoms with E-state index in [-0.39, 0.29) is 0 Å². The lowest BCUT2D eigenvalue weighted by Crippen LogP contribution is -2.74. The molecule has 0 aliphatic rings. The van der Waals surface area contributed by atoms with Gasteiger partial charge in [-0.2, -0.15) is 0 Å². The fourth-order valence-electron chi connectivity index (χ4n) is 15.3. The monoisotopic (exact) mass is 1170 g/mol. The lowest BCUT2D eigenvalue weighted by atomic mass is 9.99. The average Bonchev–Trinajstić information content (AvgIpc) is 1.74. The van der Waals surface area contributed by atoms with Crippen LogP contribution >= 0.6 is 0 Å². The minimum absolute atomic E-state index is 1.12. The summed E-state index contributed by atoms with van der Waals surface area (Å²) in [5, 5.41) is 18.2. The summed E-state index contributed by atoms with van der Waals surface area (Å²) < 4.78 is 7.54. The molecule has 17 rings (SSSR count). The Labute approximate surface area is 519 Å². The highest BCUT2D eigenvalue weighted by molar-refractivity contribution is 7.21. The molecule has 0 saturated heterocycles. The van der Waals surface area contributed by atoms with Gasteiger partial charge in [-0.15, -0.1) is 0 Å². The molecule has 0 fully saturated rings. The van der Waals surface area contributed by atoms with Gasteiger partial charge in [0.15, 0.2) is 16.1 Å². The van der Waals surface area contributed by atoms with Crippen molar-refractivity contribution >= 4 is 123 Å². The third kappa shape index (κ3) is 8.10. The van der Waals surface area contributed by atoms with Crippen molar-refractivity contribution in [3.05, 3.63) is 358 Å². The van der Waals surface area contributed by atoms with Crippen LogP contribution in [0.15, 0.2) is 358 Å². The number of nitrogens with zero attached hydrogens (tertiary/aromatic N) is 3. The number of rotatable bonds is 12. The Morgan fingerprint density at radius 3 is 1.02 bits per heavy atom. The first kappa shape index (κ1) is 52.3. The van der Waals surface area contributed by atoms with Gasteiger partial charge in [0.2, 0.25) is 0 Å². The molecular weight excluding hydrogens is 1110 g/mol. The quantitative estimate of drug-likeness (QED) is 0.0855. The summed E-state index contributed by atoms with van der Waals surface area (Å²) in [5.74, 6) is 0. The molecule has 89 heavy (non-hydrogen) atoms. The number of fused-ring (bicyclic) bond motifs is 9. The molecule has 0 aliphatic carbocycles. The molecule has 418 valence electrons. The van der Waals surface area contributed by atoms with Gasteiger partial charge in [0.05, 0.1) is 33.1 Å². The van der Waals surface area contributed by atoms with Crippen LogP contribution in [0.4, 0.5) is 0 Å². The smallest absolute Gasteiger partial charge is 0.180 e. The molecule has 17 aromatic rings. The number of hydrogen-bond donors (Lipinski definition) is 0. The molecule has 3 heterocycles. The van der Waals surface area contributed by atoms with Crippen molar-refractivity contribution in [2.75, 3.05) is 0 Å². The lowest BCUT2D eigenvalue weighted by Gasteiger charge is -2.35. The van der Waals surface area contributed by atoms with Gasteiger partial charge in [-0.05, 0) is 125 Å². The Bertz CT molecular complexity index is 5290. The minimum atomic E-state index is -3.13. The normalized spacial score (nSPS) is 12.0. The minimum Gasteiger partial charge on any atom is -0.309 e. The zero-order valence-corrected chi connectivity index (χ0v) is 50.9. The maximum atomic E-state index is 2.54. The summed E-state index contributed by atoms with van der Waals surface area (Å²) in [6, 6.07) is 135. The molecule has 3 nitrogen and oxygen atoms in total. The van der Waals surface area contributed by atoms with Gasteiger partial charge in [0, 0.05) is 49.4 Å². The van der Waals surface area contributed by atoms with E-state index < -0.39 is 16.1 Å². The second-order valence-electron chi connectivity index (χ2n) is 23.5. The van der Waals surface area contributed by atoms with E-state index in [0.29, 0.717) is 0 Å². The molecule has 14 aromatic carbocycles. The second kappa shape index (κ2) is 21.4. The predicted molar refractivity (Wildman–Crippen MR) is 382 cm³/mol. The lowest BCUT2D eigenvalue weighted by molar-refractivity contribution is 1.17. The highest BCUT2D eigenvalue weighted by atomic mass is 28.3. The van der Waals surface area contributed by atoms with Gasteiger partial charge in [-0.25, -0.2) is 0 Å². The molecule has 0 spiro atoms. The SMILES string of the molecule is c1ccc(-c2cccc3c2c2cc(-n4c5ccccc5c5c([Si](c6ccccc6)(c6ccccc6)c6ccccc6)cccc54)ccc2n3-c2cccc([Si](c3ccccc3)(c3ccccc3)c3cccc(-n4c5ccccc5c5ccccc54)c3)c2)cc1. The zero-order chi connectivity index (χ0) is 58.9. The molecule has 0 N–H and O–H groups in total. The van der Waals surface area contributed by atoms with Gasteiger partial charge in [0.25, 0.3) is 0 Å². The van der Waals surface area contributed by atoms with Crippen LogP contribution in [0.3, 0.4) is 0 Å². The third-order valence-corrected chi connectivity index (χ3v) is 28.5. The van der Waals surface area contributed by atoms with Crippen LogP contribution in [0.1, 0.15) is 0 Å². The van der Waals surface area contributed by atoms with E-state index in [4.69, 9.17) is 0 Å². The summed E-state index contributed by atoms with van der Waals surface area (Å²) in [7, 11) is -6.09. The molecule has 0 unspecified atom stereocenters. The Hall–Kier alpha value is -11.1. The number of benzene rings is 14. The zero-order valence-electron chi connectivity index (χ0n) is 48.9. The topological polar surface area (TPSA) is 14.8 Å². The molecule has 0 saturated carbocycles. The Kier molecular flexibility index (Phi) is 12.6. The highest BCUT2D eigenvalue weighted by Gasteiger charge is 2.44. The maximum absolute atomic E-state index is 3.13. The Morgan fingerprint density at radius 1 is 0.191 bits per heavy atom. The molecule has 5 heteroatoms. The fraction of sp³-hybridized carbons (Fsp3) is 0. The molecule has 0 radical (unpaired) electrons. The van der Waals surface area contributed by atoms with E-state index in [9.17, 15) is 0 Å². The predicted octanol–water partition coefficient (Wildman–Crippen LogP) is 15.4. The second-order valence-corrected chi connectivity index (χ2v) is 31.0. The first-order valence-corrected chi connectivity index (χ1v) is 34.8. The van der Waals surface area contributed by atoms with Crippen molar-refractivity contribution in [3.63, 3.8) is 0 Å². The van der Waals surface area contributed by atoms with Crippen LogP contribution in [-0.4, -0.2) is 29.8 Å². The summed E-state index contributed by atoms with van der Waals surface area (Å²) in [5.41, 5.74) is 12.8. The average molecular weight is 1170 g/mol. The Balaban J connectivity index is 0.915. The molecule has 0 aliphatic heterocycles. The third-order valence-electron chi connectivity index (χ3n) is 18.9. The van der Waals surface area contributed by atoms with E-state index in [1.165, 1.54) is 107 Å². The van der Waals surface area contributed by atoms with Gasteiger partial charge in [-0.1, -0.05) is 285 Å². The van der Waals surface area contributed by atoms with Gasteiger partial charge < -0.3 is 13.7 Å². The van der Waals surface area contributed by atoms with Crippen LogP contribution in [0.25, 0.3) is 93.6 Å². The first-order valence-electron chi connectivity index (χ1n) is 30.8. The van der Waals surface area contributed by atoms with Crippen molar-refractivity contribution in [1.29, 1.82) is 0 Å². The van der Waals surface area contributed by atoms with Crippen molar-refractivity contribution in [2.45, 2.75) is 0 Å². The van der Waals surface area contributed by atoms with E-state index in [2.05, 4.69) is 372 Å². The largest absolute Gasteiger partial charge is 0.309 e. The van der Waals surface area contributed by atoms with Crippen molar-refractivity contribution < 1.29 is 0 Å². The molecular formula is C84H59N3Si2. The van der Waals surface area contributed by atoms with Crippen molar-refractivity contribution in [3.8, 4) is 28.2 Å². The number of para-hydroxylation sites is 3. The van der Waals surface area contributed by atoms with Crippen molar-refractivity contribution in [2.24, 2.45) is 0 Å². The summed E-state index contributed by atoms with van der Waals surface area (Å²) >= 11 is 0. The van der Waals surface area contributed by atoms with Crippen LogP contribution in [-0.2, 0) is 0 Å². The summed E-state index contributed by atoms with van der Waals surface area (Å²) in [6.45, 7) is 0. The highest BCUT2D eigenvalue weighted by Crippen LogP contribution is 2.41. The fourth-order valence-corrected chi connectivity index (χ4v) is 25.1.